The van der Waals surface area contributed by atoms with Crippen molar-refractivity contribution in [1.82, 2.24) is 14.5 Å². The van der Waals surface area contributed by atoms with Crippen LogP contribution < -0.4 is 5.56 Å². The third-order valence-electron chi connectivity index (χ3n) is 4.01. The molecule has 0 saturated carbocycles. The van der Waals surface area contributed by atoms with Crippen LogP contribution in [-0.4, -0.2) is 25.6 Å². The van der Waals surface area contributed by atoms with Crippen molar-refractivity contribution in [3.8, 4) is 0 Å². The number of nitrogens with zero attached hydrogens (tertiary/aromatic N) is 2. The van der Waals surface area contributed by atoms with E-state index in [2.05, 4.69) is 9.97 Å². The fourth-order valence-corrected chi connectivity index (χ4v) is 2.91. The molecule has 2 heterocycles. The third-order valence-corrected chi connectivity index (χ3v) is 4.01. The number of imidazole rings is 1. The molecule has 7 heteroatoms. The predicted octanol–water partition coefficient (Wildman–Crippen LogP) is 2.48. The van der Waals surface area contributed by atoms with E-state index in [1.54, 1.807) is 20.0 Å². The van der Waals surface area contributed by atoms with Gasteiger partial charge in [0, 0.05) is 11.1 Å². The molecule has 2 N–H and O–H groups in total. The zero-order valence-electron chi connectivity index (χ0n) is 12.5. The maximum Gasteiger partial charge on any atom is 0.338 e. The van der Waals surface area contributed by atoms with Crippen molar-refractivity contribution in [1.29, 1.82) is 0 Å². The fraction of sp³-hybridized carbons (Fsp3) is 0.188. The number of aromatic amines is 1. The molecule has 2 aromatic heterocycles. The molecule has 0 bridgehead atoms. The van der Waals surface area contributed by atoms with E-state index in [1.165, 1.54) is 23.0 Å². The van der Waals surface area contributed by atoms with Gasteiger partial charge in [0.05, 0.1) is 35.2 Å². The summed E-state index contributed by atoms with van der Waals surface area (Å²) in [6.07, 6.45) is 3.01. The van der Waals surface area contributed by atoms with E-state index in [0.717, 1.165) is 6.07 Å². The average molecular weight is 315 g/mol. The van der Waals surface area contributed by atoms with E-state index >= 15 is 0 Å². The van der Waals surface area contributed by atoms with Crippen molar-refractivity contribution in [2.24, 2.45) is 0 Å². The summed E-state index contributed by atoms with van der Waals surface area (Å²) in [5.74, 6) is -1.94. The van der Waals surface area contributed by atoms with Crippen molar-refractivity contribution in [2.75, 3.05) is 0 Å². The number of nitrogens with one attached hydrogen (secondary N) is 1. The van der Waals surface area contributed by atoms with Crippen LogP contribution >= 0.6 is 0 Å². The van der Waals surface area contributed by atoms with Gasteiger partial charge in [-0.15, -0.1) is 0 Å². The molecular formula is C16H14FN3O3. The Labute approximate surface area is 130 Å². The molecule has 0 aliphatic rings. The minimum atomic E-state index is -1.20. The van der Waals surface area contributed by atoms with E-state index in [1.807, 2.05) is 0 Å². The minimum Gasteiger partial charge on any atom is -0.478 e. The number of aromatic nitrogens is 3. The van der Waals surface area contributed by atoms with Crippen LogP contribution in [0.1, 0.15) is 34.7 Å². The first-order valence-corrected chi connectivity index (χ1v) is 6.98. The second-order valence-electron chi connectivity index (χ2n) is 5.29. The van der Waals surface area contributed by atoms with Gasteiger partial charge in [-0.25, -0.2) is 14.2 Å². The van der Waals surface area contributed by atoms with E-state index in [-0.39, 0.29) is 22.0 Å². The molecule has 1 aromatic carbocycles. The van der Waals surface area contributed by atoms with Gasteiger partial charge >= 0.3 is 5.97 Å². The molecular weight excluding hydrogens is 301 g/mol. The Hall–Kier alpha value is -2.96. The van der Waals surface area contributed by atoms with Crippen molar-refractivity contribution in [3.05, 3.63) is 63.8 Å². The molecule has 3 rings (SSSR count). The Kier molecular flexibility index (Phi) is 3.48. The van der Waals surface area contributed by atoms with Crippen LogP contribution in [-0.2, 0) is 0 Å². The Balaban J connectivity index is 2.46. The van der Waals surface area contributed by atoms with Crippen LogP contribution in [0.3, 0.4) is 0 Å². The monoisotopic (exact) mass is 315 g/mol. The minimum absolute atomic E-state index is 0.0783. The van der Waals surface area contributed by atoms with Crippen molar-refractivity contribution in [2.45, 2.75) is 19.9 Å². The summed E-state index contributed by atoms with van der Waals surface area (Å²) < 4.78 is 15.5. The molecule has 1 unspecified atom stereocenters. The second kappa shape index (κ2) is 5.35. The number of fused-ring (bicyclic) bond motifs is 1. The van der Waals surface area contributed by atoms with Crippen LogP contribution in [0.4, 0.5) is 4.39 Å². The number of hydrogen-bond acceptors (Lipinski definition) is 3. The standard InChI is InChI=1S/C16H14FN3O3/c1-8(12-6-18-7-19-12)20-9(2)13(16(22)23)10-4-3-5-11(17)14(10)15(20)21/h3-8H,1-2H3,(H,18,19)(H,22,23). The van der Waals surface area contributed by atoms with Gasteiger partial charge in [-0.1, -0.05) is 12.1 Å². The van der Waals surface area contributed by atoms with E-state index in [0.29, 0.717) is 5.69 Å². The predicted molar refractivity (Wildman–Crippen MR) is 82.3 cm³/mol. The summed E-state index contributed by atoms with van der Waals surface area (Å²) in [6.45, 7) is 3.27. The first kappa shape index (κ1) is 15.0. The van der Waals surface area contributed by atoms with Crippen molar-refractivity contribution < 1.29 is 14.3 Å². The molecule has 0 saturated heterocycles. The first-order chi connectivity index (χ1) is 10.9. The summed E-state index contributed by atoms with van der Waals surface area (Å²) in [4.78, 5) is 31.2. The van der Waals surface area contributed by atoms with Gasteiger partial charge in [-0.3, -0.25) is 4.79 Å². The third kappa shape index (κ3) is 2.21. The van der Waals surface area contributed by atoms with E-state index in [4.69, 9.17) is 0 Å². The van der Waals surface area contributed by atoms with Crippen LogP contribution in [0.5, 0.6) is 0 Å². The molecule has 0 amide bonds. The molecule has 6 nitrogen and oxygen atoms in total. The van der Waals surface area contributed by atoms with E-state index < -0.39 is 23.4 Å². The lowest BCUT2D eigenvalue weighted by Crippen LogP contribution is -2.29. The maximum atomic E-state index is 14.2. The van der Waals surface area contributed by atoms with Crippen LogP contribution in [0.25, 0.3) is 10.8 Å². The summed E-state index contributed by atoms with van der Waals surface area (Å²) >= 11 is 0. The zero-order valence-corrected chi connectivity index (χ0v) is 12.5. The van der Waals surface area contributed by atoms with Crippen molar-refractivity contribution >= 4 is 16.7 Å². The largest absolute Gasteiger partial charge is 0.478 e. The summed E-state index contributed by atoms with van der Waals surface area (Å²) in [5, 5.41) is 9.41. The highest BCUT2D eigenvalue weighted by molar-refractivity contribution is 6.04. The number of carboxylic acid groups (broad SMARTS) is 1. The lowest BCUT2D eigenvalue weighted by molar-refractivity contribution is 0.0697. The molecule has 3 aromatic rings. The highest BCUT2D eigenvalue weighted by Crippen LogP contribution is 2.25. The van der Waals surface area contributed by atoms with E-state index in [9.17, 15) is 19.1 Å². The number of benzene rings is 1. The number of hydrogen-bond donors (Lipinski definition) is 2. The van der Waals surface area contributed by atoms with Gasteiger partial charge in [-0.2, -0.15) is 0 Å². The molecule has 0 radical (unpaired) electrons. The first-order valence-electron chi connectivity index (χ1n) is 6.98. The zero-order chi connectivity index (χ0) is 16.7. The van der Waals surface area contributed by atoms with Gasteiger partial charge in [0.1, 0.15) is 5.82 Å². The molecule has 0 aliphatic carbocycles. The topological polar surface area (TPSA) is 88.0 Å². The highest BCUT2D eigenvalue weighted by atomic mass is 19.1. The molecule has 1 atom stereocenters. The van der Waals surface area contributed by atoms with Crippen LogP contribution in [0.15, 0.2) is 35.5 Å². The number of carboxylic acids is 1. The van der Waals surface area contributed by atoms with Crippen LogP contribution in [0, 0.1) is 12.7 Å². The normalized spacial score (nSPS) is 12.5. The number of aromatic carboxylic acids is 1. The maximum absolute atomic E-state index is 14.2. The van der Waals surface area contributed by atoms with Crippen LogP contribution in [0.2, 0.25) is 0 Å². The Morgan fingerprint density at radius 2 is 2.17 bits per heavy atom. The molecule has 118 valence electrons. The quantitative estimate of drug-likeness (QED) is 0.777. The molecule has 0 fully saturated rings. The highest BCUT2D eigenvalue weighted by Gasteiger charge is 2.24. The second-order valence-corrected chi connectivity index (χ2v) is 5.29. The Bertz CT molecular complexity index is 961. The number of rotatable bonds is 3. The fourth-order valence-electron chi connectivity index (χ4n) is 2.91. The summed E-state index contributed by atoms with van der Waals surface area (Å²) in [5.41, 5.74) is 0.248. The molecule has 23 heavy (non-hydrogen) atoms. The lowest BCUT2D eigenvalue weighted by Gasteiger charge is -2.20. The Morgan fingerprint density at radius 3 is 2.78 bits per heavy atom. The summed E-state index contributed by atoms with van der Waals surface area (Å²) in [7, 11) is 0. The number of carbonyl (C=O) groups is 1. The SMILES string of the molecule is Cc1c(C(=O)O)c2cccc(F)c2c(=O)n1C(C)c1cnc[nH]1. The van der Waals surface area contributed by atoms with Gasteiger partial charge in [0.25, 0.3) is 5.56 Å². The molecule has 0 spiro atoms. The number of pyridine rings is 1. The van der Waals surface area contributed by atoms with Gasteiger partial charge < -0.3 is 14.7 Å². The lowest BCUT2D eigenvalue weighted by atomic mass is 10.0. The smallest absolute Gasteiger partial charge is 0.338 e. The van der Waals surface area contributed by atoms with Gasteiger partial charge in [-0.05, 0) is 19.9 Å². The van der Waals surface area contributed by atoms with Gasteiger partial charge in [0.15, 0.2) is 0 Å². The molecule has 0 aliphatic heterocycles. The Morgan fingerprint density at radius 1 is 1.43 bits per heavy atom. The van der Waals surface area contributed by atoms with Gasteiger partial charge in [0.2, 0.25) is 0 Å². The summed E-state index contributed by atoms with van der Waals surface area (Å²) in [6, 6.07) is 3.48. The number of H-pyrrole nitrogens is 1. The number of halogens is 1. The average Bonchev–Trinajstić information content (AvgIpc) is 3.00. The van der Waals surface area contributed by atoms with Crippen molar-refractivity contribution in [3.63, 3.8) is 0 Å².